The molecule has 2 rings (SSSR count). The molecule has 0 heterocycles. The molecule has 0 saturated heterocycles. The van der Waals surface area contributed by atoms with Crippen molar-refractivity contribution in [3.8, 4) is 0 Å². The highest BCUT2D eigenvalue weighted by molar-refractivity contribution is 5.64. The van der Waals surface area contributed by atoms with Crippen molar-refractivity contribution in [1.82, 2.24) is 0 Å². The summed E-state index contributed by atoms with van der Waals surface area (Å²) in [6, 6.07) is 17.5. The maximum atomic E-state index is 8.60. The highest BCUT2D eigenvalue weighted by atomic mass is 15.1. The standard InChI is InChI=1S/C13H12N3/c1-16(12-5-3-2-4-6-12)13-9-7-11(15-14)8-10-13/h2-10H,1H3/q+1. The van der Waals surface area contributed by atoms with Gasteiger partial charge in [0.2, 0.25) is 5.39 Å². The quantitative estimate of drug-likeness (QED) is 0.703. The van der Waals surface area contributed by atoms with Crippen LogP contribution in [-0.4, -0.2) is 7.05 Å². The second-order valence-corrected chi connectivity index (χ2v) is 3.51. The highest BCUT2D eigenvalue weighted by Crippen LogP contribution is 2.25. The first kappa shape index (κ1) is 10.2. The third-order valence-corrected chi connectivity index (χ3v) is 2.50. The summed E-state index contributed by atoms with van der Waals surface area (Å²) in [5.41, 5.74) is 2.74. The molecule has 0 unspecified atom stereocenters. The summed E-state index contributed by atoms with van der Waals surface area (Å²) >= 11 is 0. The van der Waals surface area contributed by atoms with Crippen LogP contribution in [0.2, 0.25) is 0 Å². The first-order chi connectivity index (χ1) is 7.81. The van der Waals surface area contributed by atoms with Crippen molar-refractivity contribution in [3.63, 3.8) is 0 Å². The van der Waals surface area contributed by atoms with Gasteiger partial charge < -0.3 is 4.90 Å². The summed E-state index contributed by atoms with van der Waals surface area (Å²) < 4.78 is 0. The number of rotatable bonds is 2. The Morgan fingerprint density at radius 1 is 0.875 bits per heavy atom. The van der Waals surface area contributed by atoms with E-state index in [0.717, 1.165) is 11.4 Å². The van der Waals surface area contributed by atoms with E-state index in [-0.39, 0.29) is 0 Å². The smallest absolute Gasteiger partial charge is 0.345 e. The molecule has 0 radical (unpaired) electrons. The molecule has 0 aromatic heterocycles. The average Bonchev–Trinajstić information content (AvgIpc) is 2.39. The van der Waals surface area contributed by atoms with Crippen LogP contribution in [-0.2, 0) is 0 Å². The summed E-state index contributed by atoms with van der Waals surface area (Å²) in [7, 11) is 2.00. The molecular weight excluding hydrogens is 198 g/mol. The van der Waals surface area contributed by atoms with Crippen molar-refractivity contribution in [2.45, 2.75) is 0 Å². The van der Waals surface area contributed by atoms with Gasteiger partial charge in [0.25, 0.3) is 0 Å². The number of anilines is 2. The van der Waals surface area contributed by atoms with E-state index in [1.165, 1.54) is 0 Å². The lowest BCUT2D eigenvalue weighted by Gasteiger charge is -2.18. The Hall–Kier alpha value is -2.34. The van der Waals surface area contributed by atoms with Crippen LogP contribution in [0.1, 0.15) is 0 Å². The van der Waals surface area contributed by atoms with E-state index in [1.807, 2.05) is 49.5 Å². The topological polar surface area (TPSA) is 31.4 Å². The van der Waals surface area contributed by atoms with Gasteiger partial charge in [0.1, 0.15) is 0 Å². The van der Waals surface area contributed by atoms with Crippen LogP contribution >= 0.6 is 0 Å². The van der Waals surface area contributed by atoms with Crippen LogP contribution in [0.25, 0.3) is 4.98 Å². The molecule has 78 valence electrons. The van der Waals surface area contributed by atoms with Crippen LogP contribution in [0, 0.1) is 5.39 Å². The van der Waals surface area contributed by atoms with E-state index in [0.29, 0.717) is 5.69 Å². The molecule has 0 aliphatic heterocycles. The van der Waals surface area contributed by atoms with Crippen LogP contribution in [0.4, 0.5) is 17.1 Å². The van der Waals surface area contributed by atoms with Gasteiger partial charge in [0, 0.05) is 30.6 Å². The third-order valence-electron chi connectivity index (χ3n) is 2.50. The van der Waals surface area contributed by atoms with Gasteiger partial charge in [-0.05, 0) is 24.3 Å². The lowest BCUT2D eigenvalue weighted by Crippen LogP contribution is -2.08. The summed E-state index contributed by atoms with van der Waals surface area (Å²) in [4.78, 5) is 5.20. The Morgan fingerprint density at radius 2 is 1.44 bits per heavy atom. The predicted molar refractivity (Wildman–Crippen MR) is 65.7 cm³/mol. The van der Waals surface area contributed by atoms with Crippen LogP contribution < -0.4 is 4.90 Å². The first-order valence-electron chi connectivity index (χ1n) is 5.05. The van der Waals surface area contributed by atoms with Gasteiger partial charge in [-0.25, -0.2) is 0 Å². The van der Waals surface area contributed by atoms with Gasteiger partial charge in [0.15, 0.2) is 4.98 Å². The number of hydrogen-bond acceptors (Lipinski definition) is 2. The molecule has 2 aromatic carbocycles. The molecule has 0 saturated carbocycles. The second kappa shape index (κ2) is 4.45. The van der Waals surface area contributed by atoms with E-state index in [4.69, 9.17) is 5.39 Å². The monoisotopic (exact) mass is 210 g/mol. The maximum Gasteiger partial charge on any atom is 0.385 e. The molecule has 16 heavy (non-hydrogen) atoms. The van der Waals surface area contributed by atoms with Crippen molar-refractivity contribution in [2.24, 2.45) is 0 Å². The minimum atomic E-state index is 0.560. The van der Waals surface area contributed by atoms with E-state index in [1.54, 1.807) is 12.1 Å². The van der Waals surface area contributed by atoms with Gasteiger partial charge in [0.05, 0.1) is 0 Å². The number of benzene rings is 2. The number of diazo groups is 1. The zero-order chi connectivity index (χ0) is 11.4. The Kier molecular flexibility index (Phi) is 2.84. The summed E-state index contributed by atoms with van der Waals surface area (Å²) in [5, 5.41) is 8.60. The molecule has 0 atom stereocenters. The zero-order valence-corrected chi connectivity index (χ0v) is 9.04. The van der Waals surface area contributed by atoms with E-state index >= 15 is 0 Å². The van der Waals surface area contributed by atoms with Crippen LogP contribution in [0.3, 0.4) is 0 Å². The van der Waals surface area contributed by atoms with Gasteiger partial charge in [-0.3, -0.25) is 0 Å². The zero-order valence-electron chi connectivity index (χ0n) is 9.04. The Morgan fingerprint density at radius 3 is 2.00 bits per heavy atom. The minimum absolute atomic E-state index is 0.560. The largest absolute Gasteiger partial charge is 0.385 e. The number of nitrogens with zero attached hydrogens (tertiary/aromatic N) is 3. The fourth-order valence-corrected chi connectivity index (χ4v) is 1.54. The normalized spacial score (nSPS) is 9.50. The molecule has 3 nitrogen and oxygen atoms in total. The first-order valence-corrected chi connectivity index (χ1v) is 5.05. The Bertz CT molecular complexity index is 497. The van der Waals surface area contributed by atoms with Crippen LogP contribution in [0.5, 0.6) is 0 Å². The van der Waals surface area contributed by atoms with Crippen molar-refractivity contribution in [1.29, 1.82) is 5.39 Å². The average molecular weight is 210 g/mol. The molecule has 0 aliphatic carbocycles. The summed E-state index contributed by atoms with van der Waals surface area (Å²) in [6.07, 6.45) is 0. The van der Waals surface area contributed by atoms with Gasteiger partial charge >= 0.3 is 5.69 Å². The Labute approximate surface area is 94.6 Å². The van der Waals surface area contributed by atoms with Crippen molar-refractivity contribution < 1.29 is 0 Å². The highest BCUT2D eigenvalue weighted by Gasteiger charge is 2.06. The van der Waals surface area contributed by atoms with Gasteiger partial charge in [-0.1, -0.05) is 18.2 Å². The number of hydrogen-bond donors (Lipinski definition) is 0. The predicted octanol–water partition coefficient (Wildman–Crippen LogP) is 3.94. The van der Waals surface area contributed by atoms with Gasteiger partial charge in [-0.15, -0.1) is 0 Å². The van der Waals surface area contributed by atoms with E-state index in [2.05, 4.69) is 9.88 Å². The molecule has 3 heteroatoms. The van der Waals surface area contributed by atoms with E-state index < -0.39 is 0 Å². The van der Waals surface area contributed by atoms with Crippen LogP contribution in [0.15, 0.2) is 54.6 Å². The summed E-state index contributed by atoms with van der Waals surface area (Å²) in [5.74, 6) is 0. The lowest BCUT2D eigenvalue weighted by atomic mass is 10.2. The molecule has 0 bridgehead atoms. The van der Waals surface area contributed by atoms with Crippen molar-refractivity contribution >= 4 is 17.1 Å². The second-order valence-electron chi connectivity index (χ2n) is 3.51. The molecular formula is C13H12N3+. The fraction of sp³-hybridized carbons (Fsp3) is 0.0769. The molecule has 0 amide bonds. The molecule has 2 aromatic rings. The molecule has 0 N–H and O–H groups in total. The Balaban J connectivity index is 2.28. The maximum absolute atomic E-state index is 8.60. The van der Waals surface area contributed by atoms with Crippen molar-refractivity contribution in [2.75, 3.05) is 11.9 Å². The summed E-state index contributed by atoms with van der Waals surface area (Å²) in [6.45, 7) is 0. The van der Waals surface area contributed by atoms with Gasteiger partial charge in [-0.2, -0.15) is 0 Å². The fourth-order valence-electron chi connectivity index (χ4n) is 1.54. The van der Waals surface area contributed by atoms with Crippen molar-refractivity contribution in [3.05, 3.63) is 59.6 Å². The lowest BCUT2D eigenvalue weighted by molar-refractivity contribution is 1.21. The molecule has 0 aliphatic rings. The van der Waals surface area contributed by atoms with E-state index in [9.17, 15) is 0 Å². The molecule has 0 fully saturated rings. The number of para-hydroxylation sites is 1. The molecule has 0 spiro atoms. The SMILES string of the molecule is CN(c1ccccc1)c1ccc([N+]#N)cc1. The minimum Gasteiger partial charge on any atom is -0.345 e. The third kappa shape index (κ3) is 2.01.